The molecule has 1 aliphatic carbocycles. The highest BCUT2D eigenvalue weighted by Gasteiger charge is 2.27. The van der Waals surface area contributed by atoms with Crippen molar-refractivity contribution < 1.29 is 9.47 Å². The van der Waals surface area contributed by atoms with Crippen molar-refractivity contribution in [3.63, 3.8) is 0 Å². The van der Waals surface area contributed by atoms with Crippen molar-refractivity contribution in [3.8, 4) is 0 Å². The number of aliphatic imine (C=N–C) groups is 1. The minimum Gasteiger partial charge on any atom is -0.385 e. The Bertz CT molecular complexity index is 372. The zero-order valence-electron chi connectivity index (χ0n) is 16.2. The summed E-state index contributed by atoms with van der Waals surface area (Å²) in [5.41, 5.74) is 0. The van der Waals surface area contributed by atoms with Crippen LogP contribution in [0.15, 0.2) is 4.99 Å². The second kappa shape index (κ2) is 13.1. The van der Waals surface area contributed by atoms with Gasteiger partial charge in [0.05, 0.1) is 6.10 Å². The van der Waals surface area contributed by atoms with Crippen LogP contribution in [0.3, 0.4) is 0 Å². The third-order valence-electron chi connectivity index (χ3n) is 4.95. The van der Waals surface area contributed by atoms with Crippen LogP contribution in [0.5, 0.6) is 0 Å². The van der Waals surface area contributed by atoms with Crippen molar-refractivity contribution in [2.75, 3.05) is 60.1 Å². The molecule has 0 aromatic heterocycles. The molecule has 1 heterocycles. The predicted octanol–water partition coefficient (Wildman–Crippen LogP) is 2.18. The third-order valence-corrected chi connectivity index (χ3v) is 4.95. The summed E-state index contributed by atoms with van der Waals surface area (Å²) in [7, 11) is 3.62. The highest BCUT2D eigenvalue weighted by Crippen LogP contribution is 2.25. The molecule has 0 atom stereocenters. The molecule has 6 nitrogen and oxygen atoms in total. The molecule has 2 rings (SSSR count). The number of nitrogens with zero attached hydrogens (tertiary/aromatic N) is 3. The molecule has 0 amide bonds. The Morgan fingerprint density at radius 2 is 1.92 bits per heavy atom. The first-order chi connectivity index (χ1) is 11.8. The molecule has 0 aromatic rings. The van der Waals surface area contributed by atoms with E-state index in [1.54, 1.807) is 7.11 Å². The second-order valence-electron chi connectivity index (χ2n) is 6.74. The second-order valence-corrected chi connectivity index (χ2v) is 6.74. The Morgan fingerprint density at radius 1 is 1.20 bits per heavy atom. The molecule has 1 N–H and O–H groups in total. The number of hydrogen-bond donors (Lipinski definition) is 1. The lowest BCUT2D eigenvalue weighted by Gasteiger charge is -2.34. The average Bonchev–Trinajstić information content (AvgIpc) is 3.45. The van der Waals surface area contributed by atoms with Crippen LogP contribution in [0.2, 0.25) is 0 Å². The van der Waals surface area contributed by atoms with E-state index in [2.05, 4.69) is 27.0 Å². The number of guanidine groups is 1. The van der Waals surface area contributed by atoms with Crippen molar-refractivity contribution in [3.05, 3.63) is 0 Å². The quantitative estimate of drug-likeness (QED) is 0.231. The number of rotatable bonds is 10. The first-order valence-corrected chi connectivity index (χ1v) is 9.58. The Labute approximate surface area is 170 Å². The molecule has 0 bridgehead atoms. The number of nitrogens with one attached hydrogen (secondary N) is 1. The van der Waals surface area contributed by atoms with E-state index in [-0.39, 0.29) is 24.0 Å². The van der Waals surface area contributed by atoms with E-state index in [0.29, 0.717) is 6.10 Å². The van der Waals surface area contributed by atoms with Gasteiger partial charge in [0.15, 0.2) is 5.96 Å². The van der Waals surface area contributed by atoms with Crippen LogP contribution in [0.1, 0.15) is 39.0 Å². The molecule has 1 aliphatic heterocycles. The fraction of sp³-hybridized carbons (Fsp3) is 0.944. The molecule has 2 aliphatic rings. The van der Waals surface area contributed by atoms with E-state index in [0.717, 1.165) is 77.2 Å². The van der Waals surface area contributed by atoms with Crippen molar-refractivity contribution in [1.82, 2.24) is 15.1 Å². The van der Waals surface area contributed by atoms with E-state index in [1.807, 2.05) is 7.05 Å². The Balaban J connectivity index is 0.00000312. The van der Waals surface area contributed by atoms with E-state index >= 15 is 0 Å². The molecule has 0 aromatic carbocycles. The summed E-state index contributed by atoms with van der Waals surface area (Å²) in [6.07, 6.45) is 6.28. The van der Waals surface area contributed by atoms with Crippen molar-refractivity contribution in [2.24, 2.45) is 4.99 Å². The molecule has 1 saturated carbocycles. The number of likely N-dealkylation sites (N-methyl/N-ethyl adjacent to an activating group) is 1. The summed E-state index contributed by atoms with van der Waals surface area (Å²) in [5, 5.41) is 3.54. The largest absolute Gasteiger partial charge is 0.385 e. The number of likely N-dealkylation sites (tertiary alicyclic amines) is 1. The monoisotopic (exact) mass is 468 g/mol. The van der Waals surface area contributed by atoms with Gasteiger partial charge in [0.2, 0.25) is 0 Å². The first kappa shape index (κ1) is 22.9. The van der Waals surface area contributed by atoms with Gasteiger partial charge in [-0.2, -0.15) is 0 Å². The normalized spacial score (nSPS) is 19.2. The molecule has 0 unspecified atom stereocenters. The van der Waals surface area contributed by atoms with E-state index in [9.17, 15) is 0 Å². The number of piperidine rings is 1. The van der Waals surface area contributed by atoms with Gasteiger partial charge in [0.25, 0.3) is 0 Å². The van der Waals surface area contributed by atoms with E-state index < -0.39 is 0 Å². The Morgan fingerprint density at radius 3 is 2.48 bits per heavy atom. The van der Waals surface area contributed by atoms with Crippen molar-refractivity contribution >= 4 is 29.9 Å². The fourth-order valence-corrected chi connectivity index (χ4v) is 3.37. The van der Waals surface area contributed by atoms with Gasteiger partial charge in [0.1, 0.15) is 0 Å². The molecular formula is C18H37IN4O2. The maximum Gasteiger partial charge on any atom is 0.193 e. The van der Waals surface area contributed by atoms with Gasteiger partial charge in [-0.05, 0) is 38.6 Å². The molecule has 1 saturated heterocycles. The molecular weight excluding hydrogens is 431 g/mol. The number of hydrogen-bond acceptors (Lipinski definition) is 4. The van der Waals surface area contributed by atoms with Crippen molar-refractivity contribution in [2.45, 2.75) is 51.2 Å². The van der Waals surface area contributed by atoms with E-state index in [1.165, 1.54) is 12.8 Å². The predicted molar refractivity (Wildman–Crippen MR) is 114 cm³/mol. The maximum absolute atomic E-state index is 5.93. The van der Waals surface area contributed by atoms with Crippen LogP contribution >= 0.6 is 24.0 Å². The van der Waals surface area contributed by atoms with Crippen LogP contribution in [-0.2, 0) is 9.47 Å². The number of ether oxygens (including phenoxy) is 2. The van der Waals surface area contributed by atoms with Crippen LogP contribution < -0.4 is 5.32 Å². The average molecular weight is 468 g/mol. The summed E-state index contributed by atoms with van der Waals surface area (Å²) >= 11 is 0. The van der Waals surface area contributed by atoms with Gasteiger partial charge < -0.3 is 19.7 Å². The maximum atomic E-state index is 5.93. The highest BCUT2D eigenvalue weighted by molar-refractivity contribution is 14.0. The molecule has 2 fully saturated rings. The van der Waals surface area contributed by atoms with Gasteiger partial charge >= 0.3 is 0 Å². The lowest BCUT2D eigenvalue weighted by atomic mass is 10.1. The van der Waals surface area contributed by atoms with Crippen LogP contribution in [0.4, 0.5) is 0 Å². The minimum absolute atomic E-state index is 0. The zero-order chi connectivity index (χ0) is 17.2. The van der Waals surface area contributed by atoms with Gasteiger partial charge in [-0.1, -0.05) is 6.92 Å². The number of halogens is 1. The van der Waals surface area contributed by atoms with Crippen LogP contribution in [-0.4, -0.2) is 88.0 Å². The van der Waals surface area contributed by atoms with Crippen LogP contribution in [0, 0.1) is 0 Å². The zero-order valence-corrected chi connectivity index (χ0v) is 18.5. The number of methoxy groups -OCH3 is 1. The standard InChI is InChI=1S/C18H36N4O2.HI/c1-4-21(16-6-7-16)13-10-20-18(19-2)22-11-8-17(9-12-22)24-15-5-14-23-3;/h16-17H,4-15H2,1-3H3,(H,19,20);1H. The van der Waals surface area contributed by atoms with Crippen molar-refractivity contribution in [1.29, 1.82) is 0 Å². The highest BCUT2D eigenvalue weighted by atomic mass is 127. The molecule has 0 radical (unpaired) electrons. The topological polar surface area (TPSA) is 49.3 Å². The molecule has 7 heteroatoms. The first-order valence-electron chi connectivity index (χ1n) is 9.58. The fourth-order valence-electron chi connectivity index (χ4n) is 3.37. The van der Waals surface area contributed by atoms with Gasteiger partial charge in [-0.25, -0.2) is 0 Å². The summed E-state index contributed by atoms with van der Waals surface area (Å²) in [5.74, 6) is 1.04. The van der Waals surface area contributed by atoms with E-state index in [4.69, 9.17) is 9.47 Å². The smallest absolute Gasteiger partial charge is 0.193 e. The van der Waals surface area contributed by atoms with Crippen LogP contribution in [0.25, 0.3) is 0 Å². The summed E-state index contributed by atoms with van der Waals surface area (Å²) in [4.78, 5) is 9.40. The molecule has 148 valence electrons. The molecule has 0 spiro atoms. The molecule has 25 heavy (non-hydrogen) atoms. The lowest BCUT2D eigenvalue weighted by Crippen LogP contribution is -2.48. The summed E-state index contributed by atoms with van der Waals surface area (Å²) < 4.78 is 11.0. The Kier molecular flexibility index (Phi) is 12.0. The lowest BCUT2D eigenvalue weighted by molar-refractivity contribution is 0.00989. The SMILES string of the molecule is CCN(CCNC(=NC)N1CCC(OCCCOC)CC1)C1CC1.I. The summed E-state index contributed by atoms with van der Waals surface area (Å²) in [6, 6.07) is 0.838. The van der Waals surface area contributed by atoms with Gasteiger partial charge in [-0.3, -0.25) is 9.89 Å². The minimum atomic E-state index is 0. The van der Waals surface area contributed by atoms with Gasteiger partial charge in [-0.15, -0.1) is 24.0 Å². The third kappa shape index (κ3) is 8.41. The summed E-state index contributed by atoms with van der Waals surface area (Å²) in [6.45, 7) is 9.12. The Hall–Kier alpha value is -0.120. The van der Waals surface area contributed by atoms with Gasteiger partial charge in [0, 0.05) is 59.6 Å².